The van der Waals surface area contributed by atoms with Crippen LogP contribution in [0.3, 0.4) is 0 Å². The van der Waals surface area contributed by atoms with E-state index in [0.29, 0.717) is 34.3 Å². The Labute approximate surface area is 177 Å². The number of nitrogens with one attached hydrogen (secondary N) is 1. The average molecular weight is 428 g/mol. The number of likely N-dealkylation sites (tertiary alicyclic amines) is 1. The highest BCUT2D eigenvalue weighted by atomic mass is 35.5. The molecule has 5 heterocycles. The van der Waals surface area contributed by atoms with E-state index in [1.807, 2.05) is 19.2 Å². The number of furan rings is 2. The molecule has 0 saturated carbocycles. The van der Waals surface area contributed by atoms with Crippen molar-refractivity contribution in [1.29, 1.82) is 0 Å². The molecule has 5 rings (SSSR count). The van der Waals surface area contributed by atoms with Gasteiger partial charge in [0.05, 0.1) is 12.8 Å². The molecule has 0 aromatic carbocycles. The predicted molar refractivity (Wildman–Crippen MR) is 113 cm³/mol. The van der Waals surface area contributed by atoms with Gasteiger partial charge in [0.25, 0.3) is 0 Å². The Balaban J connectivity index is 1.50. The molecule has 9 nitrogen and oxygen atoms in total. The van der Waals surface area contributed by atoms with E-state index in [9.17, 15) is 0 Å². The summed E-state index contributed by atoms with van der Waals surface area (Å²) in [4.78, 5) is 11.6. The molecule has 4 aromatic heterocycles. The van der Waals surface area contributed by atoms with Gasteiger partial charge >= 0.3 is 0 Å². The van der Waals surface area contributed by atoms with E-state index >= 15 is 0 Å². The minimum Gasteiger partial charge on any atom is -0.461 e. The molecule has 3 N–H and O–H groups in total. The third-order valence-electron chi connectivity index (χ3n) is 5.51. The molecule has 1 atom stereocenters. The average Bonchev–Trinajstić information content (AvgIpc) is 3.51. The van der Waals surface area contributed by atoms with Crippen molar-refractivity contribution >= 4 is 29.0 Å². The highest BCUT2D eigenvalue weighted by molar-refractivity contribution is 6.28. The summed E-state index contributed by atoms with van der Waals surface area (Å²) in [7, 11) is 1.84. The fourth-order valence-electron chi connectivity index (χ4n) is 4.11. The summed E-state index contributed by atoms with van der Waals surface area (Å²) in [5.41, 5.74) is 7.82. The summed E-state index contributed by atoms with van der Waals surface area (Å²) < 4.78 is 12.6. The monoisotopic (exact) mass is 427 g/mol. The number of halogens is 1. The Morgan fingerprint density at radius 2 is 2.20 bits per heavy atom. The van der Waals surface area contributed by atoms with Gasteiger partial charge in [-0.1, -0.05) is 0 Å². The zero-order valence-electron chi connectivity index (χ0n) is 16.5. The maximum absolute atomic E-state index is 6.15. The van der Waals surface area contributed by atoms with Crippen LogP contribution in [0.1, 0.15) is 24.2 Å². The van der Waals surface area contributed by atoms with E-state index in [-0.39, 0.29) is 5.95 Å². The number of aromatic nitrogens is 4. The highest BCUT2D eigenvalue weighted by Gasteiger charge is 2.29. The normalized spacial score (nSPS) is 17.2. The minimum absolute atomic E-state index is 0.275. The molecule has 0 amide bonds. The van der Waals surface area contributed by atoms with Crippen LogP contribution in [0.15, 0.2) is 39.4 Å². The van der Waals surface area contributed by atoms with Crippen LogP contribution in [0.5, 0.6) is 0 Å². The second kappa shape index (κ2) is 7.66. The van der Waals surface area contributed by atoms with Gasteiger partial charge in [-0.25, -0.2) is 4.98 Å². The topological polar surface area (TPSA) is 111 Å². The van der Waals surface area contributed by atoms with Crippen molar-refractivity contribution in [3.05, 3.63) is 47.1 Å². The molecule has 0 bridgehead atoms. The zero-order chi connectivity index (χ0) is 20.7. The zero-order valence-corrected chi connectivity index (χ0v) is 17.3. The Kier molecular flexibility index (Phi) is 4.84. The molecule has 0 aliphatic carbocycles. The van der Waals surface area contributed by atoms with Gasteiger partial charge in [-0.3, -0.25) is 4.90 Å². The quantitative estimate of drug-likeness (QED) is 0.481. The van der Waals surface area contributed by atoms with E-state index in [0.717, 1.165) is 43.7 Å². The van der Waals surface area contributed by atoms with Crippen LogP contribution < -0.4 is 11.1 Å². The van der Waals surface area contributed by atoms with E-state index in [1.165, 1.54) is 0 Å². The fraction of sp³-hybridized carbons (Fsp3) is 0.350. The summed E-state index contributed by atoms with van der Waals surface area (Å²) in [6.45, 7) is 1.72. The second-order valence-electron chi connectivity index (χ2n) is 7.37. The number of hydrogen-bond donors (Lipinski definition) is 2. The Morgan fingerprint density at radius 1 is 1.30 bits per heavy atom. The number of hydrogen-bond acceptors (Lipinski definition) is 8. The van der Waals surface area contributed by atoms with Gasteiger partial charge in [0.15, 0.2) is 16.6 Å². The van der Waals surface area contributed by atoms with Crippen molar-refractivity contribution in [3.8, 4) is 11.6 Å². The van der Waals surface area contributed by atoms with Crippen LogP contribution in [0, 0.1) is 0 Å². The molecule has 10 heteroatoms. The summed E-state index contributed by atoms with van der Waals surface area (Å²) in [5.74, 6) is 2.93. The first kappa shape index (κ1) is 19.0. The molecular formula is C20H22ClN7O2. The van der Waals surface area contributed by atoms with Crippen LogP contribution in [0.4, 0.5) is 11.8 Å². The largest absolute Gasteiger partial charge is 0.461 e. The molecule has 1 fully saturated rings. The van der Waals surface area contributed by atoms with E-state index in [2.05, 4.69) is 20.3 Å². The van der Waals surface area contributed by atoms with Gasteiger partial charge < -0.3 is 19.9 Å². The number of nitrogens with two attached hydrogens (primary N) is 1. The SMILES string of the molecule is CNc1nc(N)n2nc(-c3ccco3)nc2c1CC1CCCN1Cc1ccc(Cl)o1. The Morgan fingerprint density at radius 3 is 2.93 bits per heavy atom. The van der Waals surface area contributed by atoms with Crippen LogP contribution in [0.25, 0.3) is 17.2 Å². The van der Waals surface area contributed by atoms with Crippen molar-refractivity contribution in [2.45, 2.75) is 31.8 Å². The van der Waals surface area contributed by atoms with Crippen molar-refractivity contribution < 1.29 is 8.83 Å². The Bertz CT molecular complexity index is 1170. The number of fused-ring (bicyclic) bond motifs is 1. The summed E-state index contributed by atoms with van der Waals surface area (Å²) in [6.07, 6.45) is 4.56. The maximum Gasteiger partial charge on any atom is 0.225 e. The maximum atomic E-state index is 6.15. The highest BCUT2D eigenvalue weighted by Crippen LogP contribution is 2.30. The molecule has 156 valence electrons. The third kappa shape index (κ3) is 3.40. The van der Waals surface area contributed by atoms with Gasteiger partial charge in [0.1, 0.15) is 11.6 Å². The van der Waals surface area contributed by atoms with Crippen molar-refractivity contribution in [2.75, 3.05) is 24.6 Å². The molecule has 1 unspecified atom stereocenters. The molecule has 1 aliphatic heterocycles. The number of nitrogen functional groups attached to an aromatic ring is 1. The lowest BCUT2D eigenvalue weighted by atomic mass is 10.0. The first-order valence-electron chi connectivity index (χ1n) is 9.87. The molecule has 1 aliphatic rings. The van der Waals surface area contributed by atoms with Gasteiger partial charge in [0.2, 0.25) is 11.8 Å². The number of anilines is 2. The lowest BCUT2D eigenvalue weighted by Gasteiger charge is -2.24. The fourth-order valence-corrected chi connectivity index (χ4v) is 4.28. The van der Waals surface area contributed by atoms with Gasteiger partial charge in [-0.15, -0.1) is 5.10 Å². The smallest absolute Gasteiger partial charge is 0.225 e. The number of nitrogens with zero attached hydrogens (tertiary/aromatic N) is 5. The van der Waals surface area contributed by atoms with Gasteiger partial charge in [-0.05, 0) is 61.7 Å². The summed E-state index contributed by atoms with van der Waals surface area (Å²) in [6, 6.07) is 7.65. The first-order chi connectivity index (χ1) is 14.6. The van der Waals surface area contributed by atoms with E-state index < -0.39 is 0 Å². The molecular weight excluding hydrogens is 406 g/mol. The van der Waals surface area contributed by atoms with E-state index in [4.69, 9.17) is 31.2 Å². The molecule has 0 spiro atoms. The third-order valence-corrected chi connectivity index (χ3v) is 5.71. The lowest BCUT2D eigenvalue weighted by Crippen LogP contribution is -2.31. The Hall–Kier alpha value is -3.04. The van der Waals surface area contributed by atoms with Crippen LogP contribution >= 0.6 is 11.6 Å². The van der Waals surface area contributed by atoms with Crippen molar-refractivity contribution in [2.24, 2.45) is 0 Å². The van der Waals surface area contributed by atoms with E-state index in [1.54, 1.807) is 22.9 Å². The second-order valence-corrected chi connectivity index (χ2v) is 7.74. The van der Waals surface area contributed by atoms with Crippen molar-refractivity contribution in [3.63, 3.8) is 0 Å². The number of rotatable bonds is 6. The van der Waals surface area contributed by atoms with Crippen molar-refractivity contribution in [1.82, 2.24) is 24.5 Å². The standard InChI is InChI=1S/C20H22ClN7O2/c1-23-17-14(10-12-4-2-8-27(12)11-13-6-7-16(21)30-13)19-24-18(15-5-3-9-29-15)26-28(19)20(22)25-17/h3,5-7,9,12,23H,2,4,8,10-11H2,1H3,(H2,22,25). The van der Waals surface area contributed by atoms with Gasteiger partial charge in [0, 0.05) is 18.7 Å². The summed E-state index contributed by atoms with van der Waals surface area (Å²) >= 11 is 5.94. The molecule has 30 heavy (non-hydrogen) atoms. The molecule has 4 aromatic rings. The first-order valence-corrected chi connectivity index (χ1v) is 10.2. The van der Waals surface area contributed by atoms with Crippen LogP contribution in [0.2, 0.25) is 5.22 Å². The predicted octanol–water partition coefficient (Wildman–Crippen LogP) is 3.46. The molecule has 1 saturated heterocycles. The lowest BCUT2D eigenvalue weighted by molar-refractivity contribution is 0.225. The molecule has 0 radical (unpaired) electrons. The minimum atomic E-state index is 0.275. The van der Waals surface area contributed by atoms with Crippen LogP contribution in [-0.4, -0.2) is 44.1 Å². The summed E-state index contributed by atoms with van der Waals surface area (Å²) in [5, 5.41) is 8.09. The van der Waals surface area contributed by atoms with Gasteiger partial charge in [-0.2, -0.15) is 9.50 Å². The van der Waals surface area contributed by atoms with Crippen LogP contribution in [-0.2, 0) is 13.0 Å².